The largest absolute Gasteiger partial charge is 0.381 e. The molecular formula is C12H16O4S. The lowest BCUT2D eigenvalue weighted by Crippen LogP contribution is -2.38. The Morgan fingerprint density at radius 3 is 2.24 bits per heavy atom. The Hall–Kier alpha value is -0.910. The van der Waals surface area contributed by atoms with Gasteiger partial charge in [0.25, 0.3) is 10.1 Å². The summed E-state index contributed by atoms with van der Waals surface area (Å²) in [5.74, 6) is 0. The second-order valence-corrected chi connectivity index (χ2v) is 5.89. The molecule has 0 radical (unpaired) electrons. The summed E-state index contributed by atoms with van der Waals surface area (Å²) in [4.78, 5) is 0.212. The molecule has 5 heteroatoms. The van der Waals surface area contributed by atoms with Crippen LogP contribution in [0.15, 0.2) is 29.2 Å². The number of aryl methyl sites for hydroxylation is 1. The zero-order valence-electron chi connectivity index (χ0n) is 9.92. The van der Waals surface area contributed by atoms with Gasteiger partial charge in [-0.15, -0.1) is 0 Å². The number of rotatable bonds is 4. The molecule has 1 aliphatic rings. The van der Waals surface area contributed by atoms with E-state index in [1.54, 1.807) is 31.4 Å². The van der Waals surface area contributed by atoms with Crippen molar-refractivity contribution in [3.05, 3.63) is 29.8 Å². The number of benzene rings is 1. The van der Waals surface area contributed by atoms with Crippen LogP contribution in [0.2, 0.25) is 0 Å². The Balaban J connectivity index is 2.02. The van der Waals surface area contributed by atoms with Gasteiger partial charge in [0.2, 0.25) is 0 Å². The van der Waals surface area contributed by atoms with Crippen molar-refractivity contribution >= 4 is 10.1 Å². The molecule has 1 aliphatic carbocycles. The van der Waals surface area contributed by atoms with E-state index in [4.69, 9.17) is 8.92 Å². The van der Waals surface area contributed by atoms with E-state index in [2.05, 4.69) is 0 Å². The predicted octanol–water partition coefficient (Wildman–Crippen LogP) is 1.88. The first kappa shape index (κ1) is 12.5. The number of ether oxygens (including phenoxy) is 1. The zero-order chi connectivity index (χ0) is 12.5. The first-order chi connectivity index (χ1) is 8.01. The van der Waals surface area contributed by atoms with E-state index < -0.39 is 10.1 Å². The molecule has 4 nitrogen and oxygen atoms in total. The van der Waals surface area contributed by atoms with Crippen LogP contribution in [0.4, 0.5) is 0 Å². The quantitative estimate of drug-likeness (QED) is 0.772. The normalized spacial score (nSPS) is 24.4. The Morgan fingerprint density at radius 1 is 1.12 bits per heavy atom. The SMILES string of the molecule is CO[C@H]1C[C@@H](OS(=O)(=O)c2ccc(C)cc2)C1. The average molecular weight is 256 g/mol. The summed E-state index contributed by atoms with van der Waals surface area (Å²) in [6.07, 6.45) is 1.17. The average Bonchev–Trinajstić information content (AvgIpc) is 2.23. The second-order valence-electron chi connectivity index (χ2n) is 4.31. The number of hydrogen-bond donors (Lipinski definition) is 0. The van der Waals surface area contributed by atoms with Crippen molar-refractivity contribution in [1.29, 1.82) is 0 Å². The molecule has 0 saturated heterocycles. The van der Waals surface area contributed by atoms with E-state index in [0.29, 0.717) is 12.8 Å². The van der Waals surface area contributed by atoms with Crippen molar-refractivity contribution in [3.63, 3.8) is 0 Å². The molecule has 0 aromatic heterocycles. The molecule has 0 heterocycles. The van der Waals surface area contributed by atoms with Crippen molar-refractivity contribution in [1.82, 2.24) is 0 Å². The van der Waals surface area contributed by atoms with Gasteiger partial charge in [-0.05, 0) is 19.1 Å². The topological polar surface area (TPSA) is 52.6 Å². The molecule has 0 spiro atoms. The fourth-order valence-electron chi connectivity index (χ4n) is 1.73. The lowest BCUT2D eigenvalue weighted by molar-refractivity contribution is -0.0354. The summed E-state index contributed by atoms with van der Waals surface area (Å²) < 4.78 is 34.0. The third-order valence-electron chi connectivity index (χ3n) is 2.96. The summed E-state index contributed by atoms with van der Waals surface area (Å²) in [5, 5.41) is 0. The summed E-state index contributed by atoms with van der Waals surface area (Å²) in [6.45, 7) is 1.91. The molecule has 2 rings (SSSR count). The maximum absolute atomic E-state index is 11.9. The molecule has 0 unspecified atom stereocenters. The van der Waals surface area contributed by atoms with Crippen molar-refractivity contribution < 1.29 is 17.3 Å². The maximum Gasteiger partial charge on any atom is 0.297 e. The molecule has 1 saturated carbocycles. The van der Waals surface area contributed by atoms with Gasteiger partial charge in [0.1, 0.15) is 0 Å². The van der Waals surface area contributed by atoms with Crippen molar-refractivity contribution in [2.45, 2.75) is 36.9 Å². The van der Waals surface area contributed by atoms with Crippen LogP contribution in [0, 0.1) is 6.92 Å². The van der Waals surface area contributed by atoms with E-state index >= 15 is 0 Å². The maximum atomic E-state index is 11.9. The van der Waals surface area contributed by atoms with Crippen LogP contribution >= 0.6 is 0 Å². The highest BCUT2D eigenvalue weighted by atomic mass is 32.2. The molecule has 17 heavy (non-hydrogen) atoms. The predicted molar refractivity (Wildman–Crippen MR) is 63.3 cm³/mol. The molecule has 0 N–H and O–H groups in total. The summed E-state index contributed by atoms with van der Waals surface area (Å²) in [7, 11) is -2.00. The van der Waals surface area contributed by atoms with E-state index in [0.717, 1.165) is 5.56 Å². The summed E-state index contributed by atoms with van der Waals surface area (Å²) >= 11 is 0. The second kappa shape index (κ2) is 4.76. The molecule has 0 amide bonds. The van der Waals surface area contributed by atoms with Gasteiger partial charge in [0.05, 0.1) is 17.1 Å². The molecule has 1 aromatic rings. The Bertz CT molecular complexity index is 472. The van der Waals surface area contributed by atoms with Gasteiger partial charge in [-0.25, -0.2) is 0 Å². The van der Waals surface area contributed by atoms with Gasteiger partial charge in [-0.2, -0.15) is 8.42 Å². The third-order valence-corrected chi connectivity index (χ3v) is 4.33. The van der Waals surface area contributed by atoms with Gasteiger partial charge in [-0.1, -0.05) is 17.7 Å². The summed E-state index contributed by atoms with van der Waals surface area (Å²) in [6, 6.07) is 6.65. The van der Waals surface area contributed by atoms with Gasteiger partial charge in [0.15, 0.2) is 0 Å². The Kier molecular flexibility index (Phi) is 3.51. The van der Waals surface area contributed by atoms with Crippen LogP contribution in [0.25, 0.3) is 0 Å². The molecular weight excluding hydrogens is 240 g/mol. The van der Waals surface area contributed by atoms with Crippen molar-refractivity contribution in [2.75, 3.05) is 7.11 Å². The molecule has 0 aliphatic heterocycles. The van der Waals surface area contributed by atoms with Crippen LogP contribution < -0.4 is 0 Å². The Morgan fingerprint density at radius 2 is 1.71 bits per heavy atom. The fourth-order valence-corrected chi connectivity index (χ4v) is 2.82. The van der Waals surface area contributed by atoms with E-state index in [1.165, 1.54) is 0 Å². The minimum atomic E-state index is -3.62. The minimum absolute atomic E-state index is 0.133. The van der Waals surface area contributed by atoms with Crippen LogP contribution in [0.3, 0.4) is 0 Å². The van der Waals surface area contributed by atoms with Crippen molar-refractivity contribution in [3.8, 4) is 0 Å². The first-order valence-corrected chi connectivity index (χ1v) is 6.95. The number of methoxy groups -OCH3 is 1. The van der Waals surface area contributed by atoms with Gasteiger partial charge < -0.3 is 4.74 Å². The fraction of sp³-hybridized carbons (Fsp3) is 0.500. The first-order valence-electron chi connectivity index (χ1n) is 5.54. The van der Waals surface area contributed by atoms with Gasteiger partial charge in [0, 0.05) is 20.0 Å². The molecule has 0 atom stereocenters. The highest BCUT2D eigenvalue weighted by Gasteiger charge is 2.34. The van der Waals surface area contributed by atoms with Crippen LogP contribution in [0.1, 0.15) is 18.4 Å². The van der Waals surface area contributed by atoms with Crippen molar-refractivity contribution in [2.24, 2.45) is 0 Å². The van der Waals surface area contributed by atoms with Crippen LogP contribution in [-0.2, 0) is 19.0 Å². The highest BCUT2D eigenvalue weighted by Crippen LogP contribution is 2.29. The van der Waals surface area contributed by atoms with Crippen LogP contribution in [0.5, 0.6) is 0 Å². The lowest BCUT2D eigenvalue weighted by atomic mass is 9.92. The molecule has 1 aromatic carbocycles. The number of hydrogen-bond acceptors (Lipinski definition) is 4. The van der Waals surface area contributed by atoms with Gasteiger partial charge in [-0.3, -0.25) is 4.18 Å². The van der Waals surface area contributed by atoms with Crippen LogP contribution in [-0.4, -0.2) is 27.7 Å². The lowest BCUT2D eigenvalue weighted by Gasteiger charge is -2.32. The smallest absolute Gasteiger partial charge is 0.297 e. The van der Waals surface area contributed by atoms with E-state index in [-0.39, 0.29) is 17.1 Å². The van der Waals surface area contributed by atoms with E-state index in [9.17, 15) is 8.42 Å². The molecule has 94 valence electrons. The third kappa shape index (κ3) is 2.86. The minimum Gasteiger partial charge on any atom is -0.381 e. The zero-order valence-corrected chi connectivity index (χ0v) is 10.7. The van der Waals surface area contributed by atoms with Gasteiger partial charge >= 0.3 is 0 Å². The Labute approximate surface area is 102 Å². The molecule has 1 fully saturated rings. The standard InChI is InChI=1S/C12H16O4S/c1-9-3-5-12(6-4-9)17(13,14)16-11-7-10(8-11)15-2/h3-6,10-11H,7-8H2,1-2H3/t10-,11+. The highest BCUT2D eigenvalue weighted by molar-refractivity contribution is 7.86. The van der Waals surface area contributed by atoms with E-state index in [1.807, 2.05) is 6.92 Å². The monoisotopic (exact) mass is 256 g/mol. The molecule has 0 bridgehead atoms. The summed E-state index contributed by atoms with van der Waals surface area (Å²) in [5.41, 5.74) is 1.02.